The topological polar surface area (TPSA) is 80.0 Å². The van der Waals surface area contributed by atoms with E-state index in [2.05, 4.69) is 15.6 Å². The third kappa shape index (κ3) is 3.11. The molecular weight excluding hydrogens is 252 g/mol. The Morgan fingerprint density at radius 2 is 1.78 bits per heavy atom. The molecule has 0 bridgehead atoms. The van der Waals surface area contributed by atoms with E-state index in [1.54, 1.807) is 42.7 Å². The van der Waals surface area contributed by atoms with E-state index in [0.29, 0.717) is 22.1 Å². The molecule has 0 radical (unpaired) electrons. The fourth-order valence-electron chi connectivity index (χ4n) is 1.33. The molecule has 0 aliphatic heterocycles. The summed E-state index contributed by atoms with van der Waals surface area (Å²) in [5, 5.41) is 5.71. The summed E-state index contributed by atoms with van der Waals surface area (Å²) in [5.74, 6) is 0. The SMILES string of the molecule is Nc1ccc(NC(=O)Nc2ccncc2)cc1Cl. The van der Waals surface area contributed by atoms with Crippen LogP contribution in [0.3, 0.4) is 0 Å². The monoisotopic (exact) mass is 262 g/mol. The number of carbonyl (C=O) groups is 1. The van der Waals surface area contributed by atoms with Crippen molar-refractivity contribution in [3.63, 3.8) is 0 Å². The third-order valence-electron chi connectivity index (χ3n) is 2.20. The summed E-state index contributed by atoms with van der Waals surface area (Å²) in [4.78, 5) is 15.5. The predicted octanol–water partition coefficient (Wildman–Crippen LogP) is 2.96. The average Bonchev–Trinajstić information content (AvgIpc) is 2.35. The van der Waals surface area contributed by atoms with Crippen LogP contribution in [-0.4, -0.2) is 11.0 Å². The van der Waals surface area contributed by atoms with E-state index in [0.717, 1.165) is 0 Å². The molecule has 0 spiro atoms. The van der Waals surface area contributed by atoms with Crippen molar-refractivity contribution in [3.8, 4) is 0 Å². The number of urea groups is 1. The van der Waals surface area contributed by atoms with Gasteiger partial charge in [-0.2, -0.15) is 0 Å². The molecule has 1 aromatic carbocycles. The van der Waals surface area contributed by atoms with Crippen molar-refractivity contribution in [2.24, 2.45) is 0 Å². The van der Waals surface area contributed by atoms with Gasteiger partial charge in [-0.25, -0.2) is 4.79 Å². The van der Waals surface area contributed by atoms with Crippen LogP contribution in [0.5, 0.6) is 0 Å². The molecule has 0 atom stereocenters. The van der Waals surface area contributed by atoms with Crippen LogP contribution in [-0.2, 0) is 0 Å². The Morgan fingerprint density at radius 1 is 1.11 bits per heavy atom. The first-order valence-electron chi connectivity index (χ1n) is 5.18. The molecule has 6 heteroatoms. The van der Waals surface area contributed by atoms with Crippen molar-refractivity contribution >= 4 is 34.7 Å². The minimum atomic E-state index is -0.359. The number of benzene rings is 1. The third-order valence-corrected chi connectivity index (χ3v) is 2.52. The lowest BCUT2D eigenvalue weighted by Crippen LogP contribution is -2.19. The molecular formula is C12H11ClN4O. The summed E-state index contributed by atoms with van der Waals surface area (Å²) in [6.45, 7) is 0. The van der Waals surface area contributed by atoms with Gasteiger partial charge < -0.3 is 16.4 Å². The Hall–Kier alpha value is -2.27. The number of amides is 2. The van der Waals surface area contributed by atoms with Crippen LogP contribution in [0.1, 0.15) is 0 Å². The number of carbonyl (C=O) groups excluding carboxylic acids is 1. The molecule has 0 saturated heterocycles. The van der Waals surface area contributed by atoms with E-state index in [4.69, 9.17) is 17.3 Å². The number of nitrogens with one attached hydrogen (secondary N) is 2. The molecule has 0 fully saturated rings. The van der Waals surface area contributed by atoms with Gasteiger partial charge in [-0.15, -0.1) is 0 Å². The highest BCUT2D eigenvalue weighted by atomic mass is 35.5. The van der Waals surface area contributed by atoms with Gasteiger partial charge in [0.15, 0.2) is 0 Å². The second kappa shape index (κ2) is 5.37. The lowest BCUT2D eigenvalue weighted by Gasteiger charge is -2.08. The Labute approximate surface area is 109 Å². The van der Waals surface area contributed by atoms with Gasteiger partial charge >= 0.3 is 6.03 Å². The van der Waals surface area contributed by atoms with E-state index in [1.807, 2.05) is 0 Å². The van der Waals surface area contributed by atoms with Crippen LogP contribution >= 0.6 is 11.6 Å². The van der Waals surface area contributed by atoms with Gasteiger partial charge in [0.25, 0.3) is 0 Å². The highest BCUT2D eigenvalue weighted by Gasteiger charge is 2.04. The lowest BCUT2D eigenvalue weighted by molar-refractivity contribution is 0.262. The number of anilines is 3. The maximum Gasteiger partial charge on any atom is 0.323 e. The van der Waals surface area contributed by atoms with Gasteiger partial charge in [-0.1, -0.05) is 11.6 Å². The lowest BCUT2D eigenvalue weighted by atomic mass is 10.3. The maximum absolute atomic E-state index is 11.7. The van der Waals surface area contributed by atoms with Gasteiger partial charge in [0.1, 0.15) is 0 Å². The van der Waals surface area contributed by atoms with Crippen LogP contribution in [0.25, 0.3) is 0 Å². The van der Waals surface area contributed by atoms with Gasteiger partial charge in [0.2, 0.25) is 0 Å². The molecule has 92 valence electrons. The van der Waals surface area contributed by atoms with Crippen LogP contribution < -0.4 is 16.4 Å². The smallest absolute Gasteiger partial charge is 0.323 e. The van der Waals surface area contributed by atoms with Crippen molar-refractivity contribution < 1.29 is 4.79 Å². The quantitative estimate of drug-likeness (QED) is 0.728. The standard InChI is InChI=1S/C12H11ClN4O/c13-10-7-9(1-2-11(10)14)17-12(18)16-8-3-5-15-6-4-8/h1-7H,14H2,(H2,15,16,17,18). The van der Waals surface area contributed by atoms with E-state index in [9.17, 15) is 4.79 Å². The first kappa shape index (κ1) is 12.2. The summed E-state index contributed by atoms with van der Waals surface area (Å²) < 4.78 is 0. The van der Waals surface area contributed by atoms with Gasteiger partial charge in [0, 0.05) is 23.8 Å². The molecule has 5 nitrogen and oxygen atoms in total. The van der Waals surface area contributed by atoms with Crippen molar-refractivity contribution in [3.05, 3.63) is 47.7 Å². The minimum absolute atomic E-state index is 0.359. The molecule has 1 aromatic heterocycles. The summed E-state index contributed by atoms with van der Waals surface area (Å²) in [6, 6.07) is 7.91. The van der Waals surface area contributed by atoms with Gasteiger partial charge in [-0.05, 0) is 30.3 Å². The molecule has 1 heterocycles. The zero-order valence-electron chi connectivity index (χ0n) is 9.35. The highest BCUT2D eigenvalue weighted by molar-refractivity contribution is 6.33. The highest BCUT2D eigenvalue weighted by Crippen LogP contribution is 2.22. The molecule has 2 amide bonds. The van der Waals surface area contributed by atoms with E-state index < -0.39 is 0 Å². The Kier molecular flexibility index (Phi) is 3.64. The fourth-order valence-corrected chi connectivity index (χ4v) is 1.51. The van der Waals surface area contributed by atoms with Crippen LogP contribution in [0.2, 0.25) is 5.02 Å². The Bertz CT molecular complexity index is 559. The number of nitrogen functional groups attached to an aromatic ring is 1. The Morgan fingerprint density at radius 3 is 2.44 bits per heavy atom. The molecule has 2 rings (SSSR count). The zero-order valence-corrected chi connectivity index (χ0v) is 10.1. The molecule has 18 heavy (non-hydrogen) atoms. The Balaban J connectivity index is 2.01. The number of halogens is 1. The number of hydrogen-bond donors (Lipinski definition) is 3. The van der Waals surface area contributed by atoms with Crippen LogP contribution in [0.15, 0.2) is 42.7 Å². The van der Waals surface area contributed by atoms with Crippen molar-refractivity contribution in [1.29, 1.82) is 0 Å². The van der Waals surface area contributed by atoms with Crippen LogP contribution in [0.4, 0.5) is 21.9 Å². The number of hydrogen-bond acceptors (Lipinski definition) is 3. The molecule has 4 N–H and O–H groups in total. The number of pyridine rings is 1. The molecule has 0 aliphatic rings. The number of nitrogens with two attached hydrogens (primary N) is 1. The predicted molar refractivity (Wildman–Crippen MR) is 72.7 cm³/mol. The van der Waals surface area contributed by atoms with Crippen molar-refractivity contribution in [2.75, 3.05) is 16.4 Å². The molecule has 2 aromatic rings. The van der Waals surface area contributed by atoms with E-state index in [-0.39, 0.29) is 6.03 Å². The zero-order chi connectivity index (χ0) is 13.0. The summed E-state index contributed by atoms with van der Waals surface area (Å²) in [7, 11) is 0. The van der Waals surface area contributed by atoms with Crippen LogP contribution in [0, 0.1) is 0 Å². The van der Waals surface area contributed by atoms with Gasteiger partial charge in [0.05, 0.1) is 10.7 Å². The summed E-state index contributed by atoms with van der Waals surface area (Å²) in [5.41, 5.74) is 7.27. The first-order chi connectivity index (χ1) is 8.65. The number of aromatic nitrogens is 1. The largest absolute Gasteiger partial charge is 0.398 e. The maximum atomic E-state index is 11.7. The number of nitrogens with zero attached hydrogens (tertiary/aromatic N) is 1. The summed E-state index contributed by atoms with van der Waals surface area (Å²) >= 11 is 5.85. The second-order valence-corrected chi connectivity index (χ2v) is 3.96. The second-order valence-electron chi connectivity index (χ2n) is 3.55. The van der Waals surface area contributed by atoms with E-state index >= 15 is 0 Å². The number of rotatable bonds is 2. The fraction of sp³-hybridized carbons (Fsp3) is 0. The minimum Gasteiger partial charge on any atom is -0.398 e. The van der Waals surface area contributed by atoms with Crippen molar-refractivity contribution in [2.45, 2.75) is 0 Å². The summed E-state index contributed by atoms with van der Waals surface area (Å²) in [6.07, 6.45) is 3.19. The molecule has 0 aliphatic carbocycles. The van der Waals surface area contributed by atoms with Gasteiger partial charge in [-0.3, -0.25) is 4.98 Å². The average molecular weight is 263 g/mol. The van der Waals surface area contributed by atoms with Crippen molar-refractivity contribution in [1.82, 2.24) is 4.98 Å². The molecule has 0 unspecified atom stereocenters. The normalized spacial score (nSPS) is 9.83. The molecule has 0 saturated carbocycles. The van der Waals surface area contributed by atoms with E-state index in [1.165, 1.54) is 0 Å². The first-order valence-corrected chi connectivity index (χ1v) is 5.56.